The largest absolute Gasteiger partial charge is 0.274 e. The maximum absolute atomic E-state index is 11.0. The highest BCUT2D eigenvalue weighted by Crippen LogP contribution is 2.36. The Morgan fingerprint density at radius 2 is 2.19 bits per heavy atom. The second-order valence-electron chi connectivity index (χ2n) is 3.71. The van der Waals surface area contributed by atoms with Crippen molar-refractivity contribution in [3.05, 3.63) is 37.8 Å². The SMILES string of the molecule is CCC(C)c1c(Br)cc(CCl)cc1[N+](=O)[O-]. The summed E-state index contributed by atoms with van der Waals surface area (Å²) in [5.41, 5.74) is 1.66. The average Bonchev–Trinajstić information content (AvgIpc) is 2.26. The Hall–Kier alpha value is -0.610. The van der Waals surface area contributed by atoms with Gasteiger partial charge in [0, 0.05) is 22.0 Å². The molecule has 0 bridgehead atoms. The summed E-state index contributed by atoms with van der Waals surface area (Å²) in [7, 11) is 0. The molecule has 0 N–H and O–H groups in total. The van der Waals surface area contributed by atoms with Crippen LogP contribution < -0.4 is 0 Å². The number of nitro groups is 1. The number of hydrogen-bond donors (Lipinski definition) is 0. The van der Waals surface area contributed by atoms with Crippen LogP contribution in [0.4, 0.5) is 5.69 Å². The molecule has 0 aliphatic rings. The van der Waals surface area contributed by atoms with Crippen molar-refractivity contribution in [3.8, 4) is 0 Å². The van der Waals surface area contributed by atoms with Crippen molar-refractivity contribution in [1.29, 1.82) is 0 Å². The summed E-state index contributed by atoms with van der Waals surface area (Å²) in [5.74, 6) is 0.430. The molecule has 0 aromatic heterocycles. The lowest BCUT2D eigenvalue weighted by Crippen LogP contribution is -2.01. The number of hydrogen-bond acceptors (Lipinski definition) is 2. The molecule has 0 amide bonds. The topological polar surface area (TPSA) is 43.1 Å². The van der Waals surface area contributed by atoms with Gasteiger partial charge in [-0.05, 0) is 24.0 Å². The Balaban J connectivity index is 3.39. The molecular weight excluding hydrogens is 293 g/mol. The van der Waals surface area contributed by atoms with Crippen molar-refractivity contribution in [2.45, 2.75) is 32.1 Å². The van der Waals surface area contributed by atoms with Gasteiger partial charge < -0.3 is 0 Å². The highest BCUT2D eigenvalue weighted by atomic mass is 79.9. The molecule has 0 saturated heterocycles. The Bertz CT molecular complexity index is 409. The maximum Gasteiger partial charge on any atom is 0.274 e. The molecule has 88 valence electrons. The third-order valence-corrected chi connectivity index (χ3v) is 3.59. The van der Waals surface area contributed by atoms with Gasteiger partial charge in [-0.25, -0.2) is 0 Å². The number of halogens is 2. The van der Waals surface area contributed by atoms with Crippen molar-refractivity contribution in [3.63, 3.8) is 0 Å². The number of nitrogens with zero attached hydrogens (tertiary/aromatic N) is 1. The fourth-order valence-electron chi connectivity index (χ4n) is 1.58. The normalized spacial score (nSPS) is 12.5. The molecule has 0 spiro atoms. The number of benzene rings is 1. The minimum Gasteiger partial charge on any atom is -0.258 e. The van der Waals surface area contributed by atoms with Crippen molar-refractivity contribution >= 4 is 33.2 Å². The van der Waals surface area contributed by atoms with Crippen molar-refractivity contribution in [1.82, 2.24) is 0 Å². The summed E-state index contributed by atoms with van der Waals surface area (Å²) < 4.78 is 0.770. The first-order valence-electron chi connectivity index (χ1n) is 5.03. The second-order valence-corrected chi connectivity index (χ2v) is 4.83. The van der Waals surface area contributed by atoms with Crippen LogP contribution in [0.25, 0.3) is 0 Å². The van der Waals surface area contributed by atoms with Gasteiger partial charge in [-0.2, -0.15) is 0 Å². The minimum absolute atomic E-state index is 0.152. The van der Waals surface area contributed by atoms with Crippen LogP contribution in [0.15, 0.2) is 16.6 Å². The monoisotopic (exact) mass is 305 g/mol. The molecule has 0 saturated carbocycles. The fourth-order valence-corrected chi connectivity index (χ4v) is 2.62. The summed E-state index contributed by atoms with van der Waals surface area (Å²) in [5, 5.41) is 11.0. The Labute approximate surface area is 108 Å². The molecule has 1 aromatic carbocycles. The van der Waals surface area contributed by atoms with E-state index in [1.165, 1.54) is 0 Å². The van der Waals surface area contributed by atoms with Gasteiger partial charge in [0.25, 0.3) is 5.69 Å². The van der Waals surface area contributed by atoms with Crippen LogP contribution in [0, 0.1) is 10.1 Å². The molecule has 1 unspecified atom stereocenters. The molecule has 16 heavy (non-hydrogen) atoms. The molecule has 1 rings (SSSR count). The van der Waals surface area contributed by atoms with E-state index < -0.39 is 0 Å². The summed E-state index contributed by atoms with van der Waals surface area (Å²) in [6.07, 6.45) is 0.861. The standard InChI is InChI=1S/C11H13BrClNO2/c1-3-7(2)11-9(12)4-8(6-13)5-10(11)14(15)16/h4-5,7H,3,6H2,1-2H3. The van der Waals surface area contributed by atoms with Crippen LogP contribution in [-0.4, -0.2) is 4.92 Å². The lowest BCUT2D eigenvalue weighted by molar-refractivity contribution is -0.385. The van der Waals surface area contributed by atoms with Gasteiger partial charge in [0.05, 0.1) is 4.92 Å². The fraction of sp³-hybridized carbons (Fsp3) is 0.455. The Morgan fingerprint density at radius 3 is 2.62 bits per heavy atom. The van der Waals surface area contributed by atoms with E-state index in [2.05, 4.69) is 15.9 Å². The smallest absolute Gasteiger partial charge is 0.258 e. The van der Waals surface area contributed by atoms with Gasteiger partial charge in [-0.1, -0.05) is 29.8 Å². The number of rotatable bonds is 4. The van der Waals surface area contributed by atoms with Crippen LogP contribution in [0.5, 0.6) is 0 Å². The lowest BCUT2D eigenvalue weighted by Gasteiger charge is -2.13. The van der Waals surface area contributed by atoms with E-state index in [1.807, 2.05) is 19.9 Å². The molecule has 0 heterocycles. The first-order valence-corrected chi connectivity index (χ1v) is 6.36. The highest BCUT2D eigenvalue weighted by molar-refractivity contribution is 9.10. The zero-order valence-corrected chi connectivity index (χ0v) is 11.5. The van der Waals surface area contributed by atoms with Crippen LogP contribution in [0.3, 0.4) is 0 Å². The Morgan fingerprint density at radius 1 is 1.56 bits per heavy atom. The molecule has 0 radical (unpaired) electrons. The minimum atomic E-state index is -0.345. The van der Waals surface area contributed by atoms with Crippen LogP contribution in [0.2, 0.25) is 0 Å². The second kappa shape index (κ2) is 5.64. The zero-order chi connectivity index (χ0) is 12.3. The molecule has 0 aliphatic carbocycles. The summed E-state index contributed by atoms with van der Waals surface area (Å²) >= 11 is 9.08. The number of alkyl halides is 1. The van der Waals surface area contributed by atoms with Crippen LogP contribution >= 0.6 is 27.5 Å². The van der Waals surface area contributed by atoms with E-state index in [1.54, 1.807) is 6.07 Å². The van der Waals surface area contributed by atoms with E-state index in [0.29, 0.717) is 0 Å². The molecular formula is C11H13BrClNO2. The molecule has 0 aliphatic heterocycles. The van der Waals surface area contributed by atoms with Crippen LogP contribution in [0.1, 0.15) is 37.3 Å². The first-order chi connectivity index (χ1) is 7.51. The van der Waals surface area contributed by atoms with Crippen molar-refractivity contribution in [2.24, 2.45) is 0 Å². The summed E-state index contributed by atoms with van der Waals surface area (Å²) in [6, 6.07) is 3.40. The van der Waals surface area contributed by atoms with E-state index in [0.717, 1.165) is 22.0 Å². The van der Waals surface area contributed by atoms with Gasteiger partial charge in [0.2, 0.25) is 0 Å². The third kappa shape index (κ3) is 2.74. The van der Waals surface area contributed by atoms with Gasteiger partial charge >= 0.3 is 0 Å². The van der Waals surface area contributed by atoms with Crippen molar-refractivity contribution in [2.75, 3.05) is 0 Å². The molecule has 0 fully saturated rings. The molecule has 5 heteroatoms. The zero-order valence-electron chi connectivity index (χ0n) is 9.17. The van der Waals surface area contributed by atoms with E-state index in [-0.39, 0.29) is 22.4 Å². The van der Waals surface area contributed by atoms with Crippen LogP contribution in [-0.2, 0) is 5.88 Å². The van der Waals surface area contributed by atoms with Gasteiger partial charge in [0.1, 0.15) is 0 Å². The van der Waals surface area contributed by atoms with Gasteiger partial charge in [-0.15, -0.1) is 11.6 Å². The summed E-state index contributed by atoms with van der Waals surface area (Å²) in [6.45, 7) is 3.99. The third-order valence-electron chi connectivity index (χ3n) is 2.62. The predicted octanol–water partition coefficient (Wildman–Crippen LogP) is 4.61. The van der Waals surface area contributed by atoms with Crippen molar-refractivity contribution < 1.29 is 4.92 Å². The van der Waals surface area contributed by atoms with E-state index in [9.17, 15) is 10.1 Å². The van der Waals surface area contributed by atoms with Gasteiger partial charge in [0.15, 0.2) is 0 Å². The number of nitro benzene ring substituents is 1. The van der Waals surface area contributed by atoms with Gasteiger partial charge in [-0.3, -0.25) is 10.1 Å². The summed E-state index contributed by atoms with van der Waals surface area (Å²) in [4.78, 5) is 10.7. The lowest BCUT2D eigenvalue weighted by atomic mass is 9.96. The molecule has 3 nitrogen and oxygen atoms in total. The van der Waals surface area contributed by atoms with E-state index >= 15 is 0 Å². The molecule has 1 atom stereocenters. The first kappa shape index (κ1) is 13.5. The molecule has 1 aromatic rings. The maximum atomic E-state index is 11.0. The quantitative estimate of drug-likeness (QED) is 0.463. The van der Waals surface area contributed by atoms with E-state index in [4.69, 9.17) is 11.6 Å². The highest BCUT2D eigenvalue weighted by Gasteiger charge is 2.22. The Kier molecular flexibility index (Phi) is 4.74. The average molecular weight is 307 g/mol. The predicted molar refractivity (Wildman–Crippen MR) is 69.1 cm³/mol.